The average Bonchev–Trinajstić information content (AvgIpc) is 2.91. The van der Waals surface area contributed by atoms with Crippen LogP contribution >= 0.6 is 0 Å². The Bertz CT molecular complexity index is 388. The molecule has 0 radical (unpaired) electrons. The Labute approximate surface area is 117 Å². The zero-order chi connectivity index (χ0) is 15.0. The smallest absolute Gasteiger partial charge is 0.330 e. The van der Waals surface area contributed by atoms with Crippen LogP contribution in [0.4, 0.5) is 0 Å². The zero-order valence-corrected chi connectivity index (χ0v) is 11.5. The van der Waals surface area contributed by atoms with Crippen molar-refractivity contribution in [2.24, 2.45) is 5.73 Å². The molecule has 3 N–H and O–H groups in total. The normalized spacial score (nSPS) is 19.8. The summed E-state index contributed by atoms with van der Waals surface area (Å²) in [5, 5.41) is 2.52. The van der Waals surface area contributed by atoms with E-state index in [0.717, 1.165) is 6.42 Å². The third-order valence-electron chi connectivity index (χ3n) is 2.79. The van der Waals surface area contributed by atoms with E-state index in [9.17, 15) is 14.4 Å². The number of primary amides is 1. The highest BCUT2D eigenvalue weighted by Gasteiger charge is 2.26. The van der Waals surface area contributed by atoms with Gasteiger partial charge >= 0.3 is 5.97 Å². The summed E-state index contributed by atoms with van der Waals surface area (Å²) in [4.78, 5) is 34.2. The Hall–Kier alpha value is -1.89. The van der Waals surface area contributed by atoms with Gasteiger partial charge in [0.2, 0.25) is 11.8 Å². The molecule has 1 heterocycles. The molecule has 7 nitrogen and oxygen atoms in total. The molecule has 1 saturated heterocycles. The molecule has 20 heavy (non-hydrogen) atoms. The van der Waals surface area contributed by atoms with Crippen molar-refractivity contribution in [1.29, 1.82) is 0 Å². The van der Waals surface area contributed by atoms with E-state index < -0.39 is 24.0 Å². The summed E-state index contributed by atoms with van der Waals surface area (Å²) in [5.41, 5.74) is 5.21. The number of carbonyl (C=O) groups is 3. The average molecular weight is 284 g/mol. The van der Waals surface area contributed by atoms with Crippen LogP contribution in [0.3, 0.4) is 0 Å². The van der Waals surface area contributed by atoms with E-state index >= 15 is 0 Å². The van der Waals surface area contributed by atoms with E-state index in [1.807, 2.05) is 0 Å². The maximum atomic E-state index is 11.8. The molecule has 1 aliphatic rings. The maximum absolute atomic E-state index is 11.8. The van der Waals surface area contributed by atoms with Crippen molar-refractivity contribution in [2.75, 3.05) is 13.2 Å². The summed E-state index contributed by atoms with van der Waals surface area (Å²) in [6.07, 6.45) is 3.72. The number of esters is 1. The maximum Gasteiger partial charge on any atom is 0.330 e. The second-order valence-corrected chi connectivity index (χ2v) is 4.36. The third kappa shape index (κ3) is 5.40. The molecule has 112 valence electrons. The summed E-state index contributed by atoms with van der Waals surface area (Å²) in [6.45, 7) is 2.51. The fourth-order valence-corrected chi connectivity index (χ4v) is 1.79. The van der Waals surface area contributed by atoms with Gasteiger partial charge in [-0.25, -0.2) is 4.79 Å². The van der Waals surface area contributed by atoms with E-state index in [2.05, 4.69) is 5.32 Å². The quantitative estimate of drug-likeness (QED) is 0.490. The first-order valence-electron chi connectivity index (χ1n) is 6.59. The molecule has 1 fully saturated rings. The topological polar surface area (TPSA) is 108 Å². The number of amides is 2. The summed E-state index contributed by atoms with van der Waals surface area (Å²) < 4.78 is 9.91. The number of nitrogens with one attached hydrogen (secondary N) is 1. The lowest BCUT2D eigenvalue weighted by atomic mass is 10.1. The number of hydrogen-bond acceptors (Lipinski definition) is 5. The molecule has 0 unspecified atom stereocenters. The van der Waals surface area contributed by atoms with E-state index in [0.29, 0.717) is 13.0 Å². The Balaban J connectivity index is 2.45. The molecule has 1 aliphatic heterocycles. The molecule has 2 amide bonds. The summed E-state index contributed by atoms with van der Waals surface area (Å²) >= 11 is 0. The molecule has 0 aromatic heterocycles. The van der Waals surface area contributed by atoms with Gasteiger partial charge in [-0.1, -0.05) is 6.08 Å². The highest BCUT2D eigenvalue weighted by atomic mass is 16.5. The van der Waals surface area contributed by atoms with E-state index in [-0.39, 0.29) is 18.9 Å². The highest BCUT2D eigenvalue weighted by molar-refractivity contribution is 5.89. The molecule has 0 aromatic carbocycles. The number of ether oxygens (including phenoxy) is 2. The Morgan fingerprint density at radius 1 is 1.50 bits per heavy atom. The molecule has 0 saturated carbocycles. The van der Waals surface area contributed by atoms with Crippen LogP contribution in [0.15, 0.2) is 12.2 Å². The predicted molar refractivity (Wildman–Crippen MR) is 70.5 cm³/mol. The molecular weight excluding hydrogens is 264 g/mol. The number of carbonyl (C=O) groups excluding carboxylic acids is 3. The van der Waals surface area contributed by atoms with Crippen molar-refractivity contribution >= 4 is 17.8 Å². The second kappa shape index (κ2) is 8.31. The molecule has 0 bridgehead atoms. The largest absolute Gasteiger partial charge is 0.463 e. The van der Waals surface area contributed by atoms with Crippen LogP contribution in [0.5, 0.6) is 0 Å². The van der Waals surface area contributed by atoms with Crippen molar-refractivity contribution in [1.82, 2.24) is 5.32 Å². The Morgan fingerprint density at radius 3 is 2.80 bits per heavy atom. The second-order valence-electron chi connectivity index (χ2n) is 4.36. The van der Waals surface area contributed by atoms with Crippen LogP contribution in [-0.2, 0) is 23.9 Å². The third-order valence-corrected chi connectivity index (χ3v) is 2.79. The molecule has 0 spiro atoms. The van der Waals surface area contributed by atoms with Gasteiger partial charge in [-0.15, -0.1) is 0 Å². The Kier molecular flexibility index (Phi) is 6.72. The lowest BCUT2D eigenvalue weighted by Crippen LogP contribution is -2.47. The van der Waals surface area contributed by atoms with E-state index in [1.165, 1.54) is 12.2 Å². The van der Waals surface area contributed by atoms with Gasteiger partial charge in [0, 0.05) is 12.7 Å². The van der Waals surface area contributed by atoms with Gasteiger partial charge in [0.05, 0.1) is 6.61 Å². The first-order valence-corrected chi connectivity index (χ1v) is 6.59. The van der Waals surface area contributed by atoms with Crippen LogP contribution in [0.25, 0.3) is 0 Å². The minimum absolute atomic E-state index is 0.132. The summed E-state index contributed by atoms with van der Waals surface area (Å²) in [7, 11) is 0. The molecule has 2 atom stereocenters. The van der Waals surface area contributed by atoms with Gasteiger partial charge in [-0.3, -0.25) is 9.59 Å². The fourth-order valence-electron chi connectivity index (χ4n) is 1.79. The van der Waals surface area contributed by atoms with Crippen molar-refractivity contribution < 1.29 is 23.9 Å². The van der Waals surface area contributed by atoms with E-state index in [1.54, 1.807) is 6.92 Å². The van der Waals surface area contributed by atoms with Crippen LogP contribution in [0.2, 0.25) is 0 Å². The van der Waals surface area contributed by atoms with E-state index in [4.69, 9.17) is 15.2 Å². The van der Waals surface area contributed by atoms with Crippen molar-refractivity contribution in [3.8, 4) is 0 Å². The molecular formula is C13H20N2O5. The molecule has 0 aliphatic carbocycles. The molecule has 1 rings (SSSR count). The van der Waals surface area contributed by atoms with Gasteiger partial charge in [0.15, 0.2) is 0 Å². The predicted octanol–water partition coefficient (Wildman–Crippen LogP) is -0.355. The van der Waals surface area contributed by atoms with Gasteiger partial charge in [0.1, 0.15) is 12.1 Å². The fraction of sp³-hybridized carbons (Fsp3) is 0.615. The summed E-state index contributed by atoms with van der Waals surface area (Å²) in [6, 6.07) is -0.864. The monoisotopic (exact) mass is 284 g/mol. The lowest BCUT2D eigenvalue weighted by molar-refractivity contribution is -0.137. The number of nitrogens with two attached hydrogens (primary N) is 1. The lowest BCUT2D eigenvalue weighted by Gasteiger charge is -2.16. The van der Waals surface area contributed by atoms with Gasteiger partial charge in [-0.2, -0.15) is 0 Å². The summed E-state index contributed by atoms with van der Waals surface area (Å²) in [5.74, 6) is -1.51. The van der Waals surface area contributed by atoms with Gasteiger partial charge in [0.25, 0.3) is 0 Å². The zero-order valence-electron chi connectivity index (χ0n) is 11.5. The number of hydrogen-bond donors (Lipinski definition) is 2. The van der Waals surface area contributed by atoms with Gasteiger partial charge in [-0.05, 0) is 26.2 Å². The van der Waals surface area contributed by atoms with Crippen LogP contribution in [0.1, 0.15) is 26.2 Å². The first kappa shape index (κ1) is 16.2. The standard InChI is InChI=1S/C13H20N2O5/c1-2-19-11(16)7-3-5-9(12(14)17)15-13(18)10-6-4-8-20-10/h3,7,9-10H,2,4-6,8H2,1H3,(H2,14,17)(H,15,18)/b7-3+/t9-,10-/m0/s1. The SMILES string of the molecule is CCOC(=O)/C=C/C[C@H](NC(=O)[C@@H]1CCCO1)C(N)=O. The number of rotatable bonds is 7. The molecule has 7 heteroatoms. The van der Waals surface area contributed by atoms with Gasteiger partial charge < -0.3 is 20.5 Å². The minimum Gasteiger partial charge on any atom is -0.463 e. The first-order chi connectivity index (χ1) is 9.54. The van der Waals surface area contributed by atoms with Crippen LogP contribution < -0.4 is 11.1 Å². The minimum atomic E-state index is -0.864. The van der Waals surface area contributed by atoms with Crippen molar-refractivity contribution in [2.45, 2.75) is 38.3 Å². The molecule has 0 aromatic rings. The Morgan fingerprint density at radius 2 is 2.25 bits per heavy atom. The van der Waals surface area contributed by atoms with Crippen LogP contribution in [0, 0.1) is 0 Å². The van der Waals surface area contributed by atoms with Crippen molar-refractivity contribution in [3.05, 3.63) is 12.2 Å². The highest BCUT2D eigenvalue weighted by Crippen LogP contribution is 2.12. The van der Waals surface area contributed by atoms with Crippen LogP contribution in [-0.4, -0.2) is 43.1 Å². The van der Waals surface area contributed by atoms with Crippen molar-refractivity contribution in [3.63, 3.8) is 0 Å².